The maximum absolute atomic E-state index is 12.9. The van der Waals surface area contributed by atoms with E-state index in [1.807, 2.05) is 48.5 Å². The molecule has 0 bridgehead atoms. The van der Waals surface area contributed by atoms with Gasteiger partial charge in [-0.15, -0.1) is 23.2 Å². The van der Waals surface area contributed by atoms with Crippen LogP contribution in [0.4, 0.5) is 0 Å². The van der Waals surface area contributed by atoms with Crippen LogP contribution in [0.15, 0.2) is 72.8 Å². The summed E-state index contributed by atoms with van der Waals surface area (Å²) in [7, 11) is 0. The maximum atomic E-state index is 12.9. The maximum Gasteiger partial charge on any atom is 0.327 e. The molecule has 0 saturated heterocycles. The molecule has 0 spiro atoms. The predicted octanol–water partition coefficient (Wildman–Crippen LogP) is 6.02. The van der Waals surface area contributed by atoms with Gasteiger partial charge in [0.1, 0.15) is 13.2 Å². The first-order valence-electron chi connectivity index (χ1n) is 10.5. The fourth-order valence-corrected chi connectivity index (χ4v) is 3.49. The van der Waals surface area contributed by atoms with E-state index >= 15 is 0 Å². The van der Waals surface area contributed by atoms with Gasteiger partial charge in [-0.3, -0.25) is 9.59 Å². The van der Waals surface area contributed by atoms with Gasteiger partial charge in [-0.25, -0.2) is 0 Å². The van der Waals surface area contributed by atoms with Gasteiger partial charge in [-0.05, 0) is 42.5 Å². The molecule has 0 saturated carbocycles. The fraction of sp³-hybridized carbons (Fsp3) is 0.308. The topological polar surface area (TPSA) is 52.6 Å². The number of halogens is 2. The highest BCUT2D eigenvalue weighted by molar-refractivity contribution is 6.20. The summed E-state index contributed by atoms with van der Waals surface area (Å²) in [5.74, 6) is -1.36. The quantitative estimate of drug-likeness (QED) is 0.267. The molecule has 32 heavy (non-hydrogen) atoms. The Labute approximate surface area is 198 Å². The molecule has 2 atom stereocenters. The van der Waals surface area contributed by atoms with Crippen molar-refractivity contribution in [3.63, 3.8) is 0 Å². The van der Waals surface area contributed by atoms with Crippen molar-refractivity contribution in [2.75, 3.05) is 13.2 Å². The Morgan fingerprint density at radius 3 is 1.81 bits per heavy atom. The molecule has 1 aliphatic carbocycles. The average molecular weight is 473 g/mol. The Balaban J connectivity index is 1.80. The third-order valence-corrected chi connectivity index (χ3v) is 5.39. The van der Waals surface area contributed by atoms with E-state index in [4.69, 9.17) is 32.7 Å². The molecule has 0 heterocycles. The largest absolute Gasteiger partial charge is 0.463 e. The third-order valence-electron chi connectivity index (χ3n) is 5.13. The molecule has 0 unspecified atom stereocenters. The highest BCUT2D eigenvalue weighted by atomic mass is 35.5. The van der Waals surface area contributed by atoms with Crippen molar-refractivity contribution >= 4 is 40.7 Å². The first kappa shape index (κ1) is 24.1. The summed E-state index contributed by atoms with van der Waals surface area (Å²) < 4.78 is 10.6. The molecule has 4 nitrogen and oxygen atoms in total. The number of carbonyl (C=O) groups is 2. The Hall–Kier alpha value is -2.56. The third kappa shape index (κ3) is 5.81. The molecule has 2 aromatic rings. The monoisotopic (exact) mass is 472 g/mol. The Bertz CT molecular complexity index is 968. The molecule has 0 fully saturated rings. The summed E-state index contributed by atoms with van der Waals surface area (Å²) in [4.78, 5) is 25.7. The van der Waals surface area contributed by atoms with Crippen LogP contribution in [0.3, 0.4) is 0 Å². The number of ether oxygens (including phenoxy) is 2. The summed E-state index contributed by atoms with van der Waals surface area (Å²) in [6, 6.07) is 18.2. The number of carbonyl (C=O) groups excluding carboxylic acids is 2. The average Bonchev–Trinajstić information content (AvgIpc) is 2.81. The minimum absolute atomic E-state index is 0.00663. The van der Waals surface area contributed by atoms with Gasteiger partial charge in [-0.2, -0.15) is 0 Å². The molecule has 2 aromatic carbocycles. The van der Waals surface area contributed by atoms with Gasteiger partial charge in [-0.1, -0.05) is 72.8 Å². The van der Waals surface area contributed by atoms with E-state index in [1.54, 1.807) is 26.0 Å². The number of benzene rings is 2. The van der Waals surface area contributed by atoms with Crippen LogP contribution in [0.25, 0.3) is 16.7 Å². The molecule has 0 N–H and O–H groups in total. The number of hydrogen-bond donors (Lipinski definition) is 0. The molecular weight excluding hydrogens is 447 g/mol. The van der Waals surface area contributed by atoms with E-state index in [1.165, 1.54) is 0 Å². The van der Waals surface area contributed by atoms with E-state index in [0.717, 1.165) is 22.3 Å². The molecular formula is C26H26Cl2O4. The van der Waals surface area contributed by atoms with Crippen LogP contribution in [0.5, 0.6) is 0 Å². The SMILES string of the molecule is C[C@H](Cl)COC(=O)C1(C(=O)OC[C@H](C)Cl)C=CC(c2ccc(-c3ccccc3)cc2)=CC1. The van der Waals surface area contributed by atoms with Crippen molar-refractivity contribution in [1.29, 1.82) is 0 Å². The van der Waals surface area contributed by atoms with E-state index in [-0.39, 0.29) is 30.4 Å². The van der Waals surface area contributed by atoms with Crippen LogP contribution >= 0.6 is 23.2 Å². The number of esters is 2. The second-order valence-corrected chi connectivity index (χ2v) is 9.36. The zero-order valence-corrected chi connectivity index (χ0v) is 19.6. The smallest absolute Gasteiger partial charge is 0.327 e. The van der Waals surface area contributed by atoms with Gasteiger partial charge >= 0.3 is 11.9 Å². The predicted molar refractivity (Wildman–Crippen MR) is 129 cm³/mol. The van der Waals surface area contributed by atoms with Crippen LogP contribution in [0, 0.1) is 5.41 Å². The summed E-state index contributed by atoms with van der Waals surface area (Å²) in [6.07, 6.45) is 5.31. The second kappa shape index (κ2) is 10.8. The molecule has 0 radical (unpaired) electrons. The lowest BCUT2D eigenvalue weighted by molar-refractivity contribution is -0.168. The molecule has 6 heteroatoms. The molecule has 3 rings (SSSR count). The van der Waals surface area contributed by atoms with Crippen molar-refractivity contribution in [1.82, 2.24) is 0 Å². The highest BCUT2D eigenvalue weighted by Gasteiger charge is 2.47. The minimum Gasteiger partial charge on any atom is -0.463 e. The Kier molecular flexibility index (Phi) is 8.16. The lowest BCUT2D eigenvalue weighted by Crippen LogP contribution is -2.42. The number of allylic oxidation sites excluding steroid dienone is 3. The zero-order chi connectivity index (χ0) is 23.1. The number of alkyl halides is 2. The standard InChI is InChI=1S/C26H26Cl2O4/c1-18(27)16-31-24(29)26(25(30)32-17-19(2)28)14-12-23(13-15-26)22-10-8-21(9-11-22)20-6-4-3-5-7-20/h3-14,18-19H,15-17H2,1-2H3/t18-,19-/m0/s1. The van der Waals surface area contributed by atoms with Crippen molar-refractivity contribution in [2.24, 2.45) is 5.41 Å². The van der Waals surface area contributed by atoms with Gasteiger partial charge < -0.3 is 9.47 Å². The summed E-state index contributed by atoms with van der Waals surface area (Å²) in [6.45, 7) is 3.44. The Morgan fingerprint density at radius 2 is 1.34 bits per heavy atom. The first-order chi connectivity index (χ1) is 15.3. The van der Waals surface area contributed by atoms with Crippen molar-refractivity contribution in [2.45, 2.75) is 31.0 Å². The zero-order valence-electron chi connectivity index (χ0n) is 18.1. The normalized spacial score (nSPS) is 16.6. The Morgan fingerprint density at radius 1 is 0.844 bits per heavy atom. The van der Waals surface area contributed by atoms with Crippen molar-refractivity contribution in [3.8, 4) is 11.1 Å². The highest BCUT2D eigenvalue weighted by Crippen LogP contribution is 2.36. The van der Waals surface area contributed by atoms with Crippen LogP contribution in [-0.2, 0) is 19.1 Å². The van der Waals surface area contributed by atoms with Crippen LogP contribution in [0.1, 0.15) is 25.8 Å². The minimum atomic E-state index is -1.55. The summed E-state index contributed by atoms with van der Waals surface area (Å²) >= 11 is 11.8. The van der Waals surface area contributed by atoms with Crippen LogP contribution in [0.2, 0.25) is 0 Å². The first-order valence-corrected chi connectivity index (χ1v) is 11.4. The molecule has 0 aliphatic heterocycles. The van der Waals surface area contributed by atoms with E-state index in [9.17, 15) is 9.59 Å². The molecule has 0 aromatic heterocycles. The number of rotatable bonds is 8. The molecule has 0 amide bonds. The second-order valence-electron chi connectivity index (χ2n) is 7.87. The van der Waals surface area contributed by atoms with Crippen molar-refractivity contribution in [3.05, 3.63) is 78.4 Å². The van der Waals surface area contributed by atoms with Gasteiger partial charge in [0.25, 0.3) is 0 Å². The van der Waals surface area contributed by atoms with Crippen molar-refractivity contribution < 1.29 is 19.1 Å². The van der Waals surface area contributed by atoms with Crippen LogP contribution in [-0.4, -0.2) is 35.9 Å². The van der Waals surface area contributed by atoms with E-state index < -0.39 is 17.4 Å². The van der Waals surface area contributed by atoms with E-state index in [2.05, 4.69) is 12.1 Å². The number of hydrogen-bond acceptors (Lipinski definition) is 4. The lowest BCUT2D eigenvalue weighted by Gasteiger charge is -2.28. The van der Waals surface area contributed by atoms with Gasteiger partial charge in [0.2, 0.25) is 0 Å². The fourth-order valence-electron chi connectivity index (χ4n) is 3.36. The summed E-state index contributed by atoms with van der Waals surface area (Å²) in [5, 5.41) is -0.728. The van der Waals surface area contributed by atoms with Gasteiger partial charge in [0.05, 0.1) is 10.8 Å². The molecule has 168 valence electrons. The molecule has 1 aliphatic rings. The summed E-state index contributed by atoms with van der Waals surface area (Å²) in [5.41, 5.74) is 2.60. The van der Waals surface area contributed by atoms with Crippen LogP contribution < -0.4 is 0 Å². The van der Waals surface area contributed by atoms with E-state index in [0.29, 0.717) is 0 Å². The van der Waals surface area contributed by atoms with Gasteiger partial charge in [0.15, 0.2) is 5.41 Å². The lowest BCUT2D eigenvalue weighted by atomic mass is 9.79. The van der Waals surface area contributed by atoms with Gasteiger partial charge in [0, 0.05) is 0 Å².